The first-order valence-electron chi connectivity index (χ1n) is 7.20. The van der Waals surface area contributed by atoms with E-state index >= 15 is 0 Å². The molecule has 0 aromatic heterocycles. The summed E-state index contributed by atoms with van der Waals surface area (Å²) < 4.78 is 5.62. The van der Waals surface area contributed by atoms with Crippen LogP contribution >= 0.6 is 0 Å². The SMILES string of the molecule is CCCOc1cccc(CCN=C(N)NC(C)(C)C)c1. The predicted molar refractivity (Wildman–Crippen MR) is 85.3 cm³/mol. The van der Waals surface area contributed by atoms with Gasteiger partial charge in [-0.15, -0.1) is 0 Å². The highest BCUT2D eigenvalue weighted by atomic mass is 16.5. The van der Waals surface area contributed by atoms with Crippen LogP contribution in [0.4, 0.5) is 0 Å². The van der Waals surface area contributed by atoms with E-state index in [1.165, 1.54) is 5.56 Å². The van der Waals surface area contributed by atoms with Crippen LogP contribution in [-0.4, -0.2) is 24.7 Å². The maximum Gasteiger partial charge on any atom is 0.188 e. The molecule has 0 aliphatic rings. The van der Waals surface area contributed by atoms with Gasteiger partial charge in [-0.1, -0.05) is 19.1 Å². The first-order chi connectivity index (χ1) is 9.40. The van der Waals surface area contributed by atoms with Crippen molar-refractivity contribution in [2.24, 2.45) is 10.7 Å². The zero-order valence-corrected chi connectivity index (χ0v) is 13.1. The number of rotatable bonds is 6. The molecule has 0 spiro atoms. The number of nitrogens with zero attached hydrogens (tertiary/aromatic N) is 1. The lowest BCUT2D eigenvalue weighted by Gasteiger charge is -2.20. The predicted octanol–water partition coefficient (Wildman–Crippen LogP) is 2.72. The van der Waals surface area contributed by atoms with Crippen LogP contribution in [0, 0.1) is 0 Å². The fourth-order valence-corrected chi connectivity index (χ4v) is 1.74. The van der Waals surface area contributed by atoms with E-state index in [1.807, 2.05) is 12.1 Å². The number of guanidine groups is 1. The van der Waals surface area contributed by atoms with E-state index in [2.05, 4.69) is 50.1 Å². The molecule has 1 aromatic carbocycles. The summed E-state index contributed by atoms with van der Waals surface area (Å²) in [7, 11) is 0. The molecular weight excluding hydrogens is 250 g/mol. The van der Waals surface area contributed by atoms with Crippen molar-refractivity contribution in [3.63, 3.8) is 0 Å². The summed E-state index contributed by atoms with van der Waals surface area (Å²) in [5.41, 5.74) is 6.99. The normalized spacial score (nSPS) is 12.3. The van der Waals surface area contributed by atoms with Crippen LogP contribution < -0.4 is 15.8 Å². The summed E-state index contributed by atoms with van der Waals surface area (Å²) in [5, 5.41) is 3.15. The third kappa shape index (κ3) is 7.02. The van der Waals surface area contributed by atoms with Crippen molar-refractivity contribution in [2.75, 3.05) is 13.2 Å². The van der Waals surface area contributed by atoms with Crippen molar-refractivity contribution in [1.29, 1.82) is 0 Å². The highest BCUT2D eigenvalue weighted by Gasteiger charge is 2.09. The molecule has 0 heterocycles. The van der Waals surface area contributed by atoms with Gasteiger partial charge in [0, 0.05) is 12.1 Å². The molecule has 0 fully saturated rings. The Labute approximate surface area is 122 Å². The Kier molecular flexibility index (Phi) is 6.36. The number of nitrogens with one attached hydrogen (secondary N) is 1. The van der Waals surface area contributed by atoms with Gasteiger partial charge in [-0.3, -0.25) is 4.99 Å². The van der Waals surface area contributed by atoms with E-state index in [0.29, 0.717) is 12.5 Å². The second-order valence-corrected chi connectivity index (χ2v) is 5.89. The van der Waals surface area contributed by atoms with E-state index in [9.17, 15) is 0 Å². The molecule has 3 N–H and O–H groups in total. The molecule has 0 radical (unpaired) electrons. The molecule has 0 aliphatic carbocycles. The molecule has 4 nitrogen and oxygen atoms in total. The van der Waals surface area contributed by atoms with Crippen LogP contribution in [0.25, 0.3) is 0 Å². The number of hydrogen-bond acceptors (Lipinski definition) is 2. The van der Waals surface area contributed by atoms with Crippen LogP contribution in [-0.2, 0) is 6.42 Å². The Bertz CT molecular complexity index is 436. The number of aliphatic imine (C=N–C) groups is 1. The highest BCUT2D eigenvalue weighted by Crippen LogP contribution is 2.14. The van der Waals surface area contributed by atoms with E-state index in [-0.39, 0.29) is 5.54 Å². The van der Waals surface area contributed by atoms with Gasteiger partial charge < -0.3 is 15.8 Å². The third-order valence-corrected chi connectivity index (χ3v) is 2.56. The molecule has 0 unspecified atom stereocenters. The van der Waals surface area contributed by atoms with Gasteiger partial charge in [-0.05, 0) is 51.3 Å². The maximum absolute atomic E-state index is 5.83. The van der Waals surface area contributed by atoms with Crippen LogP contribution in [0.15, 0.2) is 29.3 Å². The van der Waals surface area contributed by atoms with Crippen LogP contribution in [0.3, 0.4) is 0 Å². The Balaban J connectivity index is 2.47. The first-order valence-corrected chi connectivity index (χ1v) is 7.20. The Morgan fingerprint density at radius 2 is 2.10 bits per heavy atom. The molecule has 1 aromatic rings. The summed E-state index contributed by atoms with van der Waals surface area (Å²) in [6, 6.07) is 8.15. The van der Waals surface area contributed by atoms with Gasteiger partial charge in [-0.25, -0.2) is 0 Å². The van der Waals surface area contributed by atoms with Crippen LogP contribution in [0.1, 0.15) is 39.7 Å². The van der Waals surface area contributed by atoms with Gasteiger partial charge in [0.2, 0.25) is 0 Å². The van der Waals surface area contributed by atoms with Crippen molar-refractivity contribution in [1.82, 2.24) is 5.32 Å². The summed E-state index contributed by atoms with van der Waals surface area (Å²) in [6.07, 6.45) is 1.87. The van der Waals surface area contributed by atoms with E-state index in [0.717, 1.165) is 25.2 Å². The molecule has 0 bridgehead atoms. The van der Waals surface area contributed by atoms with Gasteiger partial charge >= 0.3 is 0 Å². The van der Waals surface area contributed by atoms with Crippen molar-refractivity contribution < 1.29 is 4.74 Å². The number of benzene rings is 1. The van der Waals surface area contributed by atoms with E-state index in [1.54, 1.807) is 0 Å². The monoisotopic (exact) mass is 277 g/mol. The van der Waals surface area contributed by atoms with Gasteiger partial charge in [0.1, 0.15) is 5.75 Å². The lowest BCUT2D eigenvalue weighted by Crippen LogP contribution is -2.45. The zero-order valence-electron chi connectivity index (χ0n) is 13.1. The van der Waals surface area contributed by atoms with Crippen LogP contribution in [0.2, 0.25) is 0 Å². The number of nitrogens with two attached hydrogens (primary N) is 1. The molecule has 0 aliphatic heterocycles. The molecule has 112 valence electrons. The summed E-state index contributed by atoms with van der Waals surface area (Å²) in [4.78, 5) is 4.34. The second kappa shape index (κ2) is 7.78. The van der Waals surface area contributed by atoms with Gasteiger partial charge in [0.25, 0.3) is 0 Å². The summed E-state index contributed by atoms with van der Waals surface area (Å²) in [5.74, 6) is 1.42. The number of hydrogen-bond donors (Lipinski definition) is 2. The minimum Gasteiger partial charge on any atom is -0.494 e. The lowest BCUT2D eigenvalue weighted by molar-refractivity contribution is 0.317. The molecule has 1 rings (SSSR count). The smallest absolute Gasteiger partial charge is 0.188 e. The molecule has 0 saturated carbocycles. The minimum absolute atomic E-state index is 0.0541. The first kappa shape index (κ1) is 16.3. The average Bonchev–Trinajstić information content (AvgIpc) is 2.34. The molecule has 20 heavy (non-hydrogen) atoms. The quantitative estimate of drug-likeness (QED) is 0.621. The van der Waals surface area contributed by atoms with Gasteiger partial charge in [-0.2, -0.15) is 0 Å². The van der Waals surface area contributed by atoms with E-state index in [4.69, 9.17) is 10.5 Å². The average molecular weight is 277 g/mol. The lowest BCUT2D eigenvalue weighted by atomic mass is 10.1. The second-order valence-electron chi connectivity index (χ2n) is 5.89. The van der Waals surface area contributed by atoms with E-state index < -0.39 is 0 Å². The Morgan fingerprint density at radius 1 is 1.35 bits per heavy atom. The molecule has 0 atom stereocenters. The maximum atomic E-state index is 5.83. The molecule has 4 heteroatoms. The fourth-order valence-electron chi connectivity index (χ4n) is 1.74. The highest BCUT2D eigenvalue weighted by molar-refractivity contribution is 5.78. The van der Waals surface area contributed by atoms with Crippen molar-refractivity contribution in [3.8, 4) is 5.75 Å². The largest absolute Gasteiger partial charge is 0.494 e. The van der Waals surface area contributed by atoms with Gasteiger partial charge in [0.15, 0.2) is 5.96 Å². The van der Waals surface area contributed by atoms with Crippen molar-refractivity contribution in [3.05, 3.63) is 29.8 Å². The number of ether oxygens (including phenoxy) is 1. The Morgan fingerprint density at radius 3 is 2.75 bits per heavy atom. The minimum atomic E-state index is -0.0541. The Hall–Kier alpha value is -1.71. The molecule has 0 saturated heterocycles. The van der Waals surface area contributed by atoms with Gasteiger partial charge in [0.05, 0.1) is 6.61 Å². The van der Waals surface area contributed by atoms with Crippen molar-refractivity contribution in [2.45, 2.75) is 46.1 Å². The van der Waals surface area contributed by atoms with Crippen LogP contribution in [0.5, 0.6) is 5.75 Å². The fraction of sp³-hybridized carbons (Fsp3) is 0.562. The zero-order chi connectivity index (χ0) is 15.0. The summed E-state index contributed by atoms with van der Waals surface area (Å²) in [6.45, 7) is 9.71. The molecular formula is C16H27N3O. The standard InChI is InChI=1S/C16H27N3O/c1-5-11-20-14-8-6-7-13(12-14)9-10-18-15(17)19-16(2,3)4/h6-8,12H,5,9-11H2,1-4H3,(H3,17,18,19). The topological polar surface area (TPSA) is 59.6 Å². The molecule has 0 amide bonds. The third-order valence-electron chi connectivity index (χ3n) is 2.56. The summed E-state index contributed by atoms with van der Waals surface area (Å²) >= 11 is 0. The van der Waals surface area contributed by atoms with Crippen molar-refractivity contribution >= 4 is 5.96 Å².